The molecular formula is C14H21N3O2. The zero-order valence-electron chi connectivity index (χ0n) is 11.0. The second-order valence-electron chi connectivity index (χ2n) is 5.30. The normalized spacial score (nSPS) is 17.9. The number of rotatable bonds is 4. The summed E-state index contributed by atoms with van der Waals surface area (Å²) in [6.07, 6.45) is 4.96. The molecule has 1 aliphatic carbocycles. The van der Waals surface area contributed by atoms with Crippen molar-refractivity contribution in [3.63, 3.8) is 0 Å². The SMILES string of the molecule is NC(=O)c1ccc(NCC2(O)CCCCC2)c(N)c1. The molecule has 0 spiro atoms. The fourth-order valence-corrected chi connectivity index (χ4v) is 2.52. The largest absolute Gasteiger partial charge is 0.397 e. The fraction of sp³-hybridized carbons (Fsp3) is 0.500. The smallest absolute Gasteiger partial charge is 0.248 e. The first-order chi connectivity index (χ1) is 9.00. The number of carbonyl (C=O) groups excluding carboxylic acids is 1. The lowest BCUT2D eigenvalue weighted by Crippen LogP contribution is -2.38. The van der Waals surface area contributed by atoms with E-state index < -0.39 is 11.5 Å². The monoisotopic (exact) mass is 263 g/mol. The van der Waals surface area contributed by atoms with E-state index in [-0.39, 0.29) is 0 Å². The highest BCUT2D eigenvalue weighted by molar-refractivity contribution is 5.94. The van der Waals surface area contributed by atoms with Crippen molar-refractivity contribution in [1.29, 1.82) is 0 Å². The summed E-state index contributed by atoms with van der Waals surface area (Å²) in [5.74, 6) is -0.496. The van der Waals surface area contributed by atoms with E-state index in [4.69, 9.17) is 11.5 Å². The molecule has 0 heterocycles. The van der Waals surface area contributed by atoms with Crippen LogP contribution < -0.4 is 16.8 Å². The fourth-order valence-electron chi connectivity index (χ4n) is 2.52. The molecule has 5 heteroatoms. The Morgan fingerprint density at radius 1 is 1.32 bits per heavy atom. The minimum Gasteiger partial charge on any atom is -0.397 e. The van der Waals surface area contributed by atoms with Crippen molar-refractivity contribution in [2.75, 3.05) is 17.6 Å². The predicted octanol–water partition coefficient (Wildman–Crippen LogP) is 1.47. The predicted molar refractivity (Wildman–Crippen MR) is 75.9 cm³/mol. The van der Waals surface area contributed by atoms with Crippen LogP contribution in [-0.4, -0.2) is 23.2 Å². The summed E-state index contributed by atoms with van der Waals surface area (Å²) in [6.45, 7) is 0.479. The third kappa shape index (κ3) is 3.38. The number of carbonyl (C=O) groups is 1. The maximum absolute atomic E-state index is 11.0. The van der Waals surface area contributed by atoms with Crippen LogP contribution in [-0.2, 0) is 0 Å². The molecule has 1 fully saturated rings. The van der Waals surface area contributed by atoms with E-state index in [1.165, 1.54) is 6.42 Å². The Morgan fingerprint density at radius 3 is 2.58 bits per heavy atom. The molecule has 1 saturated carbocycles. The molecule has 1 aromatic rings. The Balaban J connectivity index is 2.01. The van der Waals surface area contributed by atoms with Crippen molar-refractivity contribution in [3.8, 4) is 0 Å². The van der Waals surface area contributed by atoms with Crippen LogP contribution in [0.3, 0.4) is 0 Å². The van der Waals surface area contributed by atoms with Crippen LogP contribution >= 0.6 is 0 Å². The first kappa shape index (κ1) is 13.7. The molecule has 0 saturated heterocycles. The van der Waals surface area contributed by atoms with Crippen molar-refractivity contribution in [1.82, 2.24) is 0 Å². The number of nitrogen functional groups attached to an aromatic ring is 1. The number of benzene rings is 1. The Labute approximate surface area is 113 Å². The molecule has 104 valence electrons. The number of hydrogen-bond donors (Lipinski definition) is 4. The molecule has 2 rings (SSSR count). The number of hydrogen-bond acceptors (Lipinski definition) is 4. The minimum absolute atomic E-state index is 0.388. The van der Waals surface area contributed by atoms with Gasteiger partial charge in [-0.2, -0.15) is 0 Å². The zero-order chi connectivity index (χ0) is 13.9. The molecule has 0 unspecified atom stereocenters. The van der Waals surface area contributed by atoms with E-state index in [9.17, 15) is 9.90 Å². The van der Waals surface area contributed by atoms with Gasteiger partial charge in [-0.3, -0.25) is 4.79 Å². The summed E-state index contributed by atoms with van der Waals surface area (Å²) in [7, 11) is 0. The van der Waals surface area contributed by atoms with Gasteiger partial charge >= 0.3 is 0 Å². The van der Waals surface area contributed by atoms with E-state index in [1.807, 2.05) is 0 Å². The molecule has 0 aromatic heterocycles. The van der Waals surface area contributed by atoms with Crippen LogP contribution in [0.2, 0.25) is 0 Å². The number of anilines is 2. The molecule has 0 bridgehead atoms. The van der Waals surface area contributed by atoms with Gasteiger partial charge < -0.3 is 21.9 Å². The van der Waals surface area contributed by atoms with E-state index in [0.29, 0.717) is 17.8 Å². The van der Waals surface area contributed by atoms with Gasteiger partial charge in [-0.1, -0.05) is 19.3 Å². The standard InChI is InChI=1S/C14H21N3O2/c15-11-8-10(13(16)18)4-5-12(11)17-9-14(19)6-2-1-3-7-14/h4-5,8,17,19H,1-3,6-7,9,15H2,(H2,16,18). The number of aliphatic hydroxyl groups is 1. The van der Waals surface area contributed by atoms with Gasteiger partial charge in [0.2, 0.25) is 5.91 Å². The summed E-state index contributed by atoms with van der Waals surface area (Å²) >= 11 is 0. The van der Waals surface area contributed by atoms with Gasteiger partial charge in [-0.25, -0.2) is 0 Å². The highest BCUT2D eigenvalue weighted by Gasteiger charge is 2.28. The third-order valence-electron chi connectivity index (χ3n) is 3.73. The summed E-state index contributed by atoms with van der Waals surface area (Å²) in [5, 5.41) is 13.6. The molecule has 0 aliphatic heterocycles. The van der Waals surface area contributed by atoms with Crippen LogP contribution in [0.5, 0.6) is 0 Å². The Bertz CT molecular complexity index is 468. The molecule has 1 aliphatic rings. The summed E-state index contributed by atoms with van der Waals surface area (Å²) < 4.78 is 0. The minimum atomic E-state index is -0.646. The van der Waals surface area contributed by atoms with E-state index in [2.05, 4.69) is 5.32 Å². The van der Waals surface area contributed by atoms with Crippen LogP contribution in [0, 0.1) is 0 Å². The average molecular weight is 263 g/mol. The van der Waals surface area contributed by atoms with Crippen molar-refractivity contribution < 1.29 is 9.90 Å². The van der Waals surface area contributed by atoms with E-state index in [1.54, 1.807) is 18.2 Å². The topological polar surface area (TPSA) is 101 Å². The van der Waals surface area contributed by atoms with Gasteiger partial charge in [0.1, 0.15) is 0 Å². The van der Waals surface area contributed by atoms with Crippen LogP contribution in [0.1, 0.15) is 42.5 Å². The van der Waals surface area contributed by atoms with E-state index >= 15 is 0 Å². The lowest BCUT2D eigenvalue weighted by atomic mass is 9.85. The molecule has 19 heavy (non-hydrogen) atoms. The quantitative estimate of drug-likeness (QED) is 0.618. The Kier molecular flexibility index (Phi) is 3.95. The molecular weight excluding hydrogens is 242 g/mol. The Hall–Kier alpha value is -1.75. The van der Waals surface area contributed by atoms with Crippen LogP contribution in [0.4, 0.5) is 11.4 Å². The zero-order valence-corrected chi connectivity index (χ0v) is 11.0. The number of primary amides is 1. The van der Waals surface area contributed by atoms with Crippen molar-refractivity contribution in [2.24, 2.45) is 5.73 Å². The van der Waals surface area contributed by atoms with Crippen molar-refractivity contribution in [2.45, 2.75) is 37.7 Å². The third-order valence-corrected chi connectivity index (χ3v) is 3.73. The lowest BCUT2D eigenvalue weighted by Gasteiger charge is -2.32. The molecule has 0 radical (unpaired) electrons. The summed E-state index contributed by atoms with van der Waals surface area (Å²) in [4.78, 5) is 11.0. The van der Waals surface area contributed by atoms with Gasteiger partial charge in [0.05, 0.1) is 17.0 Å². The summed E-state index contributed by atoms with van der Waals surface area (Å²) in [6, 6.07) is 4.91. The van der Waals surface area contributed by atoms with Crippen LogP contribution in [0.25, 0.3) is 0 Å². The molecule has 0 atom stereocenters. The van der Waals surface area contributed by atoms with Crippen molar-refractivity contribution in [3.05, 3.63) is 23.8 Å². The molecule has 1 amide bonds. The van der Waals surface area contributed by atoms with Gasteiger partial charge in [0.15, 0.2) is 0 Å². The van der Waals surface area contributed by atoms with Gasteiger partial charge in [-0.15, -0.1) is 0 Å². The van der Waals surface area contributed by atoms with Gasteiger partial charge in [0.25, 0.3) is 0 Å². The van der Waals surface area contributed by atoms with Gasteiger partial charge in [0, 0.05) is 12.1 Å². The summed E-state index contributed by atoms with van der Waals surface area (Å²) in [5.41, 5.74) is 12.0. The number of amides is 1. The lowest BCUT2D eigenvalue weighted by molar-refractivity contribution is 0.0167. The molecule has 6 N–H and O–H groups in total. The maximum Gasteiger partial charge on any atom is 0.248 e. The van der Waals surface area contributed by atoms with Crippen LogP contribution in [0.15, 0.2) is 18.2 Å². The number of nitrogens with two attached hydrogens (primary N) is 2. The second-order valence-corrected chi connectivity index (χ2v) is 5.30. The van der Waals surface area contributed by atoms with Gasteiger partial charge in [-0.05, 0) is 31.0 Å². The number of nitrogens with one attached hydrogen (secondary N) is 1. The maximum atomic E-state index is 11.0. The average Bonchev–Trinajstić information content (AvgIpc) is 2.38. The second kappa shape index (κ2) is 5.48. The molecule has 5 nitrogen and oxygen atoms in total. The highest BCUT2D eigenvalue weighted by atomic mass is 16.3. The van der Waals surface area contributed by atoms with E-state index in [0.717, 1.165) is 31.4 Å². The van der Waals surface area contributed by atoms with Crippen molar-refractivity contribution >= 4 is 17.3 Å². The molecule has 1 aromatic carbocycles. The first-order valence-electron chi connectivity index (χ1n) is 6.66. The Morgan fingerprint density at radius 2 is 2.00 bits per heavy atom. The highest BCUT2D eigenvalue weighted by Crippen LogP contribution is 2.29. The first-order valence-corrected chi connectivity index (χ1v) is 6.66.